The molecule has 216 valence electrons. The molecule has 10 heteroatoms. The maximum absolute atomic E-state index is 13.5. The summed E-state index contributed by atoms with van der Waals surface area (Å²) in [6.45, 7) is 4.37. The number of nitrogens with one attached hydrogen (secondary N) is 3. The minimum atomic E-state index is -0.897. The molecule has 1 fully saturated rings. The molecule has 2 aromatic carbocycles. The second-order valence-electron chi connectivity index (χ2n) is 10.8. The smallest absolute Gasteiger partial charge is 0.243 e. The van der Waals surface area contributed by atoms with Crippen LogP contribution < -0.4 is 20.7 Å². The Morgan fingerprint density at radius 3 is 2.48 bits per heavy atom. The van der Waals surface area contributed by atoms with Gasteiger partial charge in [-0.2, -0.15) is 0 Å². The quantitative estimate of drug-likeness (QED) is 0.524. The number of aryl methyl sites for hydroxylation is 1. The van der Waals surface area contributed by atoms with Gasteiger partial charge in [-0.15, -0.1) is 0 Å². The summed E-state index contributed by atoms with van der Waals surface area (Å²) in [6.07, 6.45) is 3.03. The van der Waals surface area contributed by atoms with Crippen LogP contribution in [0.2, 0.25) is 5.02 Å². The molecule has 0 aromatic heterocycles. The summed E-state index contributed by atoms with van der Waals surface area (Å²) in [4.78, 5) is 41.5. The Kier molecular flexibility index (Phi) is 10.0. The van der Waals surface area contributed by atoms with Crippen LogP contribution in [0.5, 0.6) is 5.75 Å². The maximum Gasteiger partial charge on any atom is 0.243 e. The van der Waals surface area contributed by atoms with Crippen LogP contribution in [0.4, 0.5) is 4.39 Å². The van der Waals surface area contributed by atoms with Gasteiger partial charge in [-0.1, -0.05) is 35.9 Å². The molecule has 3 N–H and O–H groups in total. The van der Waals surface area contributed by atoms with Gasteiger partial charge in [0.05, 0.1) is 11.1 Å². The number of ether oxygens (including phenoxy) is 1. The van der Waals surface area contributed by atoms with Crippen molar-refractivity contribution in [1.82, 2.24) is 20.9 Å². The van der Waals surface area contributed by atoms with E-state index in [0.717, 1.165) is 18.4 Å². The molecule has 4 rings (SSSR count). The molecule has 40 heavy (non-hydrogen) atoms. The number of hydrogen-bond acceptors (Lipinski definition) is 5. The number of carbonyl (C=O) groups is 3. The van der Waals surface area contributed by atoms with E-state index in [1.807, 2.05) is 19.1 Å². The van der Waals surface area contributed by atoms with E-state index in [-0.39, 0.29) is 36.1 Å². The molecule has 8 nitrogen and oxygen atoms in total. The van der Waals surface area contributed by atoms with Crippen LogP contribution in [0, 0.1) is 11.7 Å². The van der Waals surface area contributed by atoms with E-state index in [4.69, 9.17) is 16.3 Å². The molecule has 1 aliphatic carbocycles. The van der Waals surface area contributed by atoms with Crippen LogP contribution in [0.3, 0.4) is 0 Å². The Morgan fingerprint density at radius 2 is 1.77 bits per heavy atom. The van der Waals surface area contributed by atoms with Crippen LogP contribution in [0.1, 0.15) is 44.2 Å². The highest BCUT2D eigenvalue weighted by Gasteiger charge is 2.39. The predicted molar refractivity (Wildman–Crippen MR) is 152 cm³/mol. The van der Waals surface area contributed by atoms with E-state index >= 15 is 0 Å². The third kappa shape index (κ3) is 7.73. The average Bonchev–Trinajstić information content (AvgIpc) is 3.77. The first-order valence-electron chi connectivity index (χ1n) is 13.9. The number of hydrogen-bond donors (Lipinski definition) is 3. The van der Waals surface area contributed by atoms with E-state index < -0.39 is 24.0 Å². The van der Waals surface area contributed by atoms with Gasteiger partial charge in [0.25, 0.3) is 0 Å². The Labute approximate surface area is 240 Å². The zero-order valence-corrected chi connectivity index (χ0v) is 24.0. The highest BCUT2D eigenvalue weighted by atomic mass is 35.5. The van der Waals surface area contributed by atoms with E-state index in [9.17, 15) is 18.8 Å². The van der Waals surface area contributed by atoms with Gasteiger partial charge in [0.15, 0.2) is 0 Å². The fourth-order valence-electron chi connectivity index (χ4n) is 4.86. The van der Waals surface area contributed by atoms with Crippen molar-refractivity contribution in [2.45, 2.75) is 70.2 Å². The number of likely N-dealkylation sites (N-methyl/N-ethyl adjacent to an activating group) is 1. The lowest BCUT2D eigenvalue weighted by Gasteiger charge is -2.31. The van der Waals surface area contributed by atoms with Crippen molar-refractivity contribution in [1.29, 1.82) is 0 Å². The zero-order valence-electron chi connectivity index (χ0n) is 23.2. The molecule has 2 aromatic rings. The number of para-hydroxylation sites is 1. The normalized spacial score (nSPS) is 25.6. The van der Waals surface area contributed by atoms with Gasteiger partial charge in [0.1, 0.15) is 29.8 Å². The maximum atomic E-state index is 13.5. The Balaban J connectivity index is 1.58. The summed E-state index contributed by atoms with van der Waals surface area (Å²) in [5.41, 5.74) is 1.63. The van der Waals surface area contributed by atoms with Crippen LogP contribution in [0.15, 0.2) is 42.5 Å². The zero-order chi connectivity index (χ0) is 28.8. The Hall–Kier alpha value is -3.17. The second kappa shape index (κ2) is 13.5. The van der Waals surface area contributed by atoms with Gasteiger partial charge in [-0.05, 0) is 74.8 Å². The first-order chi connectivity index (χ1) is 19.1. The summed E-state index contributed by atoms with van der Waals surface area (Å²) >= 11 is 6.50. The number of nitrogens with zero attached hydrogens (tertiary/aromatic N) is 1. The molecular weight excluding hydrogens is 535 g/mol. The minimum absolute atomic E-state index is 0.179. The van der Waals surface area contributed by atoms with E-state index in [1.165, 1.54) is 17.0 Å². The number of halogens is 2. The van der Waals surface area contributed by atoms with Gasteiger partial charge < -0.3 is 25.6 Å². The number of fused-ring (bicyclic) bond motifs is 1. The SMILES string of the molecule is C[C@@H]1CN[C@@H](C2CC2)C(=O)N(C)[C@H](C)C(=O)N[C@H](Cc2ccc(F)cc2)C(=O)NCCCc2cccc(Cl)c2O1. The number of rotatable bonds is 3. The molecule has 0 radical (unpaired) electrons. The molecule has 3 amide bonds. The highest BCUT2D eigenvalue weighted by Crippen LogP contribution is 2.34. The van der Waals surface area contributed by atoms with Crippen molar-refractivity contribution in [3.8, 4) is 5.75 Å². The molecule has 0 spiro atoms. The predicted octanol–water partition coefficient (Wildman–Crippen LogP) is 3.25. The molecule has 2 aliphatic rings. The van der Waals surface area contributed by atoms with Gasteiger partial charge in [0, 0.05) is 26.6 Å². The molecule has 0 bridgehead atoms. The number of carbonyl (C=O) groups excluding carboxylic acids is 3. The monoisotopic (exact) mass is 572 g/mol. The largest absolute Gasteiger partial charge is 0.488 e. The second-order valence-corrected chi connectivity index (χ2v) is 11.2. The summed E-state index contributed by atoms with van der Waals surface area (Å²) in [5, 5.41) is 9.62. The van der Waals surface area contributed by atoms with E-state index in [2.05, 4.69) is 16.0 Å². The van der Waals surface area contributed by atoms with Crippen molar-refractivity contribution in [2.75, 3.05) is 20.1 Å². The van der Waals surface area contributed by atoms with Gasteiger partial charge in [-0.3, -0.25) is 14.4 Å². The first-order valence-corrected chi connectivity index (χ1v) is 14.3. The lowest BCUT2D eigenvalue weighted by atomic mass is 10.0. The Bertz CT molecular complexity index is 1210. The van der Waals surface area contributed by atoms with Crippen molar-refractivity contribution in [2.24, 2.45) is 5.92 Å². The van der Waals surface area contributed by atoms with Gasteiger partial charge >= 0.3 is 0 Å². The van der Waals surface area contributed by atoms with Crippen molar-refractivity contribution in [3.05, 3.63) is 64.4 Å². The van der Waals surface area contributed by atoms with Crippen molar-refractivity contribution < 1.29 is 23.5 Å². The summed E-state index contributed by atoms with van der Waals surface area (Å²) in [5.74, 6) is -0.560. The van der Waals surface area contributed by atoms with Crippen LogP contribution in [-0.4, -0.2) is 67.0 Å². The number of amides is 3. The lowest BCUT2D eigenvalue weighted by molar-refractivity contribution is -0.141. The summed E-state index contributed by atoms with van der Waals surface area (Å²) in [7, 11) is 1.60. The lowest BCUT2D eigenvalue weighted by Crippen LogP contribution is -2.57. The third-order valence-corrected chi connectivity index (χ3v) is 7.87. The molecular formula is C30H38ClFN4O4. The molecule has 1 saturated carbocycles. The molecule has 4 atom stereocenters. The van der Waals surface area contributed by atoms with Crippen LogP contribution in [0.25, 0.3) is 0 Å². The van der Waals surface area contributed by atoms with Crippen molar-refractivity contribution in [3.63, 3.8) is 0 Å². The summed E-state index contributed by atoms with van der Waals surface area (Å²) < 4.78 is 19.7. The van der Waals surface area contributed by atoms with Gasteiger partial charge in [0.2, 0.25) is 17.7 Å². The average molecular weight is 573 g/mol. The molecule has 0 unspecified atom stereocenters. The van der Waals surface area contributed by atoms with E-state index in [0.29, 0.717) is 42.3 Å². The Morgan fingerprint density at radius 1 is 1.05 bits per heavy atom. The van der Waals surface area contributed by atoms with Crippen LogP contribution in [-0.2, 0) is 27.2 Å². The minimum Gasteiger partial charge on any atom is -0.488 e. The van der Waals surface area contributed by atoms with Crippen molar-refractivity contribution >= 4 is 29.3 Å². The first kappa shape index (κ1) is 29.8. The highest BCUT2D eigenvalue weighted by molar-refractivity contribution is 6.32. The number of benzene rings is 2. The van der Waals surface area contributed by atoms with E-state index in [1.54, 1.807) is 32.2 Å². The molecule has 1 aliphatic heterocycles. The molecule has 0 saturated heterocycles. The fourth-order valence-corrected chi connectivity index (χ4v) is 5.10. The van der Waals surface area contributed by atoms with Gasteiger partial charge in [-0.25, -0.2) is 4.39 Å². The fraction of sp³-hybridized carbons (Fsp3) is 0.500. The standard InChI is InChI=1S/C30H38ClFN4O4/c1-18-17-34-26(21-11-12-21)30(39)36(3)19(2)28(37)35-25(16-20-9-13-23(32)14-10-20)29(38)33-15-5-7-22-6-4-8-24(31)27(22)40-18/h4,6,8-10,13-14,18-19,21,25-26,34H,5,7,11-12,15-17H2,1-3H3,(H,33,38)(H,35,37)/t18-,19-,25-,26+/m1/s1. The third-order valence-electron chi connectivity index (χ3n) is 7.57. The summed E-state index contributed by atoms with van der Waals surface area (Å²) in [6, 6.07) is 9.27. The molecule has 1 heterocycles. The topological polar surface area (TPSA) is 99.8 Å². The van der Waals surface area contributed by atoms with Crippen LogP contribution >= 0.6 is 11.6 Å².